The third kappa shape index (κ3) is 3.99. The van der Waals surface area contributed by atoms with E-state index < -0.39 is 0 Å². The van der Waals surface area contributed by atoms with Crippen LogP contribution in [-0.2, 0) is 16.1 Å². The Hall–Kier alpha value is -2.83. The summed E-state index contributed by atoms with van der Waals surface area (Å²) in [6, 6.07) is 9.09. The van der Waals surface area contributed by atoms with E-state index in [0.29, 0.717) is 18.8 Å². The van der Waals surface area contributed by atoms with Crippen molar-refractivity contribution >= 4 is 17.5 Å². The van der Waals surface area contributed by atoms with Gasteiger partial charge in [0.15, 0.2) is 0 Å². The highest BCUT2D eigenvalue weighted by atomic mass is 16.5. The van der Waals surface area contributed by atoms with Crippen LogP contribution in [0.4, 0.5) is 5.69 Å². The van der Waals surface area contributed by atoms with E-state index in [0.717, 1.165) is 5.69 Å². The van der Waals surface area contributed by atoms with Crippen LogP contribution in [0.2, 0.25) is 0 Å². The lowest BCUT2D eigenvalue weighted by Crippen LogP contribution is -2.40. The highest BCUT2D eigenvalue weighted by Gasteiger charge is 2.35. The van der Waals surface area contributed by atoms with Crippen LogP contribution >= 0.6 is 0 Å². The number of anilines is 1. The minimum atomic E-state index is -0.348. The van der Waals surface area contributed by atoms with Gasteiger partial charge in [-0.05, 0) is 25.1 Å². The van der Waals surface area contributed by atoms with Crippen LogP contribution < -0.4 is 15.0 Å². The molecular weight excluding hydrogens is 320 g/mol. The summed E-state index contributed by atoms with van der Waals surface area (Å²) in [4.78, 5) is 26.5. The number of ether oxygens (including phenoxy) is 1. The van der Waals surface area contributed by atoms with Gasteiger partial charge in [0.25, 0.3) is 0 Å². The van der Waals surface area contributed by atoms with Crippen LogP contribution in [-0.4, -0.2) is 41.3 Å². The quantitative estimate of drug-likeness (QED) is 0.862. The van der Waals surface area contributed by atoms with Crippen LogP contribution in [0.15, 0.2) is 42.7 Å². The number of nitrogens with one attached hydrogen (secondary N) is 1. The Bertz CT molecular complexity index is 745. The zero-order chi connectivity index (χ0) is 17.8. The number of hydrogen-bond donors (Lipinski definition) is 1. The van der Waals surface area contributed by atoms with E-state index in [1.165, 1.54) is 0 Å². The maximum absolute atomic E-state index is 12.5. The van der Waals surface area contributed by atoms with Crippen molar-refractivity contribution in [3.63, 3.8) is 0 Å². The van der Waals surface area contributed by atoms with Crippen molar-refractivity contribution in [2.75, 3.05) is 18.6 Å². The molecule has 7 heteroatoms. The highest BCUT2D eigenvalue weighted by Crippen LogP contribution is 2.28. The number of carbonyl (C=O) groups is 2. The van der Waals surface area contributed by atoms with Gasteiger partial charge in [-0.1, -0.05) is 6.07 Å². The molecule has 1 fully saturated rings. The number of hydrogen-bond acceptors (Lipinski definition) is 4. The number of amides is 2. The molecule has 25 heavy (non-hydrogen) atoms. The third-order valence-corrected chi connectivity index (χ3v) is 4.27. The molecule has 1 aromatic carbocycles. The summed E-state index contributed by atoms with van der Waals surface area (Å²) in [7, 11) is 1.59. The Morgan fingerprint density at radius 2 is 2.28 bits per heavy atom. The molecule has 2 heterocycles. The molecule has 132 valence electrons. The van der Waals surface area contributed by atoms with Crippen molar-refractivity contribution in [3.8, 4) is 5.75 Å². The molecule has 0 radical (unpaired) electrons. The molecule has 2 aromatic rings. The first-order valence-corrected chi connectivity index (χ1v) is 8.29. The number of benzene rings is 1. The van der Waals surface area contributed by atoms with E-state index in [1.807, 2.05) is 37.4 Å². The topological polar surface area (TPSA) is 76.5 Å². The lowest BCUT2D eigenvalue weighted by molar-refractivity contribution is -0.126. The number of carbonyl (C=O) groups excluding carboxylic acids is 2. The van der Waals surface area contributed by atoms with E-state index in [4.69, 9.17) is 4.74 Å². The molecule has 0 saturated carbocycles. The van der Waals surface area contributed by atoms with Gasteiger partial charge in [-0.25, -0.2) is 0 Å². The molecular formula is C18H22N4O3. The van der Waals surface area contributed by atoms with Gasteiger partial charge in [0.2, 0.25) is 11.8 Å². The molecule has 0 bridgehead atoms. The summed E-state index contributed by atoms with van der Waals surface area (Å²) in [5.41, 5.74) is 0.754. The monoisotopic (exact) mass is 342 g/mol. The fraction of sp³-hybridized carbons (Fsp3) is 0.389. The first-order chi connectivity index (χ1) is 12.1. The second-order valence-corrected chi connectivity index (χ2v) is 6.24. The van der Waals surface area contributed by atoms with Gasteiger partial charge in [-0.15, -0.1) is 0 Å². The fourth-order valence-electron chi connectivity index (χ4n) is 3.01. The van der Waals surface area contributed by atoms with Crippen molar-refractivity contribution in [1.29, 1.82) is 0 Å². The normalized spacial score (nSPS) is 18.2. The van der Waals surface area contributed by atoms with E-state index in [1.54, 1.807) is 29.0 Å². The SMILES string of the molecule is COc1cccc(N2CC(C(=O)NC(C)Cn3cccn3)CC2=O)c1. The molecule has 2 amide bonds. The first-order valence-electron chi connectivity index (χ1n) is 8.29. The van der Waals surface area contributed by atoms with Crippen molar-refractivity contribution < 1.29 is 14.3 Å². The molecule has 1 N–H and O–H groups in total. The summed E-state index contributed by atoms with van der Waals surface area (Å²) < 4.78 is 6.97. The Kier molecular flexibility index (Phi) is 5.02. The minimum absolute atomic E-state index is 0.0480. The van der Waals surface area contributed by atoms with Crippen molar-refractivity contribution in [3.05, 3.63) is 42.7 Å². The maximum atomic E-state index is 12.5. The standard InChI is InChI=1S/C18H22N4O3/c1-13(11-21-8-4-7-19-21)20-18(24)14-9-17(23)22(12-14)15-5-3-6-16(10-15)25-2/h3-8,10,13-14H,9,11-12H2,1-2H3,(H,20,24). The summed E-state index contributed by atoms with van der Waals surface area (Å²) in [6.07, 6.45) is 3.78. The zero-order valence-corrected chi connectivity index (χ0v) is 14.4. The number of aromatic nitrogens is 2. The lowest BCUT2D eigenvalue weighted by Gasteiger charge is -2.19. The van der Waals surface area contributed by atoms with Crippen LogP contribution in [0.5, 0.6) is 5.75 Å². The van der Waals surface area contributed by atoms with Crippen LogP contribution in [0.25, 0.3) is 0 Å². The van der Waals surface area contributed by atoms with Crippen molar-refractivity contribution in [2.24, 2.45) is 5.92 Å². The average molecular weight is 342 g/mol. The molecule has 2 atom stereocenters. The molecule has 3 rings (SSSR count). The Labute approximate surface area is 146 Å². The van der Waals surface area contributed by atoms with Crippen molar-refractivity contribution in [1.82, 2.24) is 15.1 Å². The predicted octanol–water partition coefficient (Wildman–Crippen LogP) is 1.45. The van der Waals surface area contributed by atoms with Crippen molar-refractivity contribution in [2.45, 2.75) is 25.9 Å². The minimum Gasteiger partial charge on any atom is -0.497 e. The van der Waals surface area contributed by atoms with Crippen LogP contribution in [0.1, 0.15) is 13.3 Å². The molecule has 0 spiro atoms. The van der Waals surface area contributed by atoms with E-state index in [9.17, 15) is 9.59 Å². The first kappa shape index (κ1) is 17.0. The summed E-state index contributed by atoms with van der Waals surface area (Å²) >= 11 is 0. The van der Waals surface area contributed by atoms with Gasteiger partial charge in [-0.2, -0.15) is 5.10 Å². The van der Waals surface area contributed by atoms with E-state index in [2.05, 4.69) is 10.4 Å². The Morgan fingerprint density at radius 3 is 3.00 bits per heavy atom. The molecule has 2 unspecified atom stereocenters. The largest absolute Gasteiger partial charge is 0.497 e. The van der Waals surface area contributed by atoms with E-state index in [-0.39, 0.29) is 30.2 Å². The zero-order valence-electron chi connectivity index (χ0n) is 14.4. The summed E-state index contributed by atoms with van der Waals surface area (Å²) in [5.74, 6) is 0.191. The van der Waals surface area contributed by atoms with Gasteiger partial charge < -0.3 is 15.0 Å². The number of nitrogens with zero attached hydrogens (tertiary/aromatic N) is 3. The van der Waals surface area contributed by atoms with Gasteiger partial charge in [0.05, 0.1) is 19.6 Å². The van der Waals surface area contributed by atoms with Gasteiger partial charge >= 0.3 is 0 Å². The molecule has 1 saturated heterocycles. The maximum Gasteiger partial charge on any atom is 0.227 e. The van der Waals surface area contributed by atoms with Gasteiger partial charge in [0, 0.05) is 43.2 Å². The van der Waals surface area contributed by atoms with Gasteiger partial charge in [0.1, 0.15) is 5.75 Å². The number of rotatable bonds is 6. The molecule has 1 aliphatic rings. The fourth-order valence-corrected chi connectivity index (χ4v) is 3.01. The Balaban J connectivity index is 1.60. The molecule has 1 aromatic heterocycles. The molecule has 0 aliphatic carbocycles. The summed E-state index contributed by atoms with van der Waals surface area (Å²) in [5, 5.41) is 7.10. The van der Waals surface area contributed by atoms with E-state index >= 15 is 0 Å². The number of methoxy groups -OCH3 is 1. The highest BCUT2D eigenvalue weighted by molar-refractivity contribution is 6.00. The second kappa shape index (κ2) is 7.38. The lowest BCUT2D eigenvalue weighted by atomic mass is 10.1. The Morgan fingerprint density at radius 1 is 1.44 bits per heavy atom. The smallest absolute Gasteiger partial charge is 0.227 e. The predicted molar refractivity (Wildman–Crippen MR) is 93.3 cm³/mol. The molecule has 7 nitrogen and oxygen atoms in total. The average Bonchev–Trinajstić information content (AvgIpc) is 3.24. The molecule has 1 aliphatic heterocycles. The van der Waals surface area contributed by atoms with Crippen LogP contribution in [0.3, 0.4) is 0 Å². The second-order valence-electron chi connectivity index (χ2n) is 6.24. The third-order valence-electron chi connectivity index (χ3n) is 4.27. The van der Waals surface area contributed by atoms with Crippen LogP contribution in [0, 0.1) is 5.92 Å². The van der Waals surface area contributed by atoms with Gasteiger partial charge in [-0.3, -0.25) is 14.3 Å². The summed E-state index contributed by atoms with van der Waals surface area (Å²) in [6.45, 7) is 2.90.